The van der Waals surface area contributed by atoms with Gasteiger partial charge in [0.05, 0.1) is 30.4 Å². The van der Waals surface area contributed by atoms with Crippen molar-refractivity contribution in [2.24, 2.45) is 5.41 Å². The van der Waals surface area contributed by atoms with E-state index in [2.05, 4.69) is 16.3 Å². The maximum absolute atomic E-state index is 14.1. The van der Waals surface area contributed by atoms with Crippen LogP contribution < -0.4 is 10.2 Å². The third-order valence-corrected chi connectivity index (χ3v) is 5.67. The summed E-state index contributed by atoms with van der Waals surface area (Å²) in [5, 5.41) is 21.3. The summed E-state index contributed by atoms with van der Waals surface area (Å²) in [4.78, 5) is 2.10. The van der Waals surface area contributed by atoms with Gasteiger partial charge in [0.25, 0.3) is 0 Å². The van der Waals surface area contributed by atoms with Gasteiger partial charge in [-0.05, 0) is 42.0 Å². The number of nitrogens with one attached hydrogen (secondary N) is 1. The van der Waals surface area contributed by atoms with E-state index in [0.29, 0.717) is 38.3 Å². The maximum atomic E-state index is 14.1. The third kappa shape index (κ3) is 4.44. The molecule has 1 spiro atoms. The number of nitrogens with zero attached hydrogens (tertiary/aromatic N) is 3. The Bertz CT molecular complexity index is 966. The zero-order chi connectivity index (χ0) is 21.0. The van der Waals surface area contributed by atoms with Gasteiger partial charge in [-0.2, -0.15) is 10.5 Å². The number of halogens is 1. The zero-order valence-electron chi connectivity index (χ0n) is 16.6. The van der Waals surface area contributed by atoms with Gasteiger partial charge in [0.15, 0.2) is 6.29 Å². The van der Waals surface area contributed by atoms with Gasteiger partial charge < -0.3 is 19.7 Å². The Labute approximate surface area is 175 Å². The lowest BCUT2D eigenvalue weighted by molar-refractivity contribution is -0.239. The molecule has 2 aromatic carbocycles. The van der Waals surface area contributed by atoms with Gasteiger partial charge in [-0.3, -0.25) is 0 Å². The van der Waals surface area contributed by atoms with Gasteiger partial charge in [0.2, 0.25) is 0 Å². The van der Waals surface area contributed by atoms with E-state index in [0.717, 1.165) is 24.3 Å². The Morgan fingerprint density at radius 3 is 2.37 bits per heavy atom. The van der Waals surface area contributed by atoms with Gasteiger partial charge in [-0.25, -0.2) is 4.39 Å². The van der Waals surface area contributed by atoms with E-state index in [1.165, 1.54) is 12.1 Å². The summed E-state index contributed by atoms with van der Waals surface area (Å²) in [5.41, 5.74) is 2.44. The fourth-order valence-electron chi connectivity index (χ4n) is 3.75. The molecule has 0 aromatic heterocycles. The molecule has 6 nitrogen and oxygen atoms in total. The van der Waals surface area contributed by atoms with Crippen molar-refractivity contribution in [1.82, 2.24) is 5.32 Å². The van der Waals surface area contributed by atoms with Crippen molar-refractivity contribution < 1.29 is 13.9 Å². The topological polar surface area (TPSA) is 81.3 Å². The second-order valence-corrected chi connectivity index (χ2v) is 7.95. The fourth-order valence-corrected chi connectivity index (χ4v) is 3.75. The highest BCUT2D eigenvalue weighted by Gasteiger charge is 2.41. The summed E-state index contributed by atoms with van der Waals surface area (Å²) in [7, 11) is 0. The van der Waals surface area contributed by atoms with Crippen LogP contribution in [0.2, 0.25) is 0 Å². The molecule has 2 fully saturated rings. The average Bonchev–Trinajstić information content (AvgIpc) is 2.76. The SMILES string of the molecule is N#Cc1ccc(N(CCC2OCC3(CNC3)CO2)Cc2ccc(C#N)c(F)c2)cc1. The Kier molecular flexibility index (Phi) is 5.96. The van der Waals surface area contributed by atoms with E-state index in [-0.39, 0.29) is 17.3 Å². The van der Waals surface area contributed by atoms with Crippen LogP contribution in [0.4, 0.5) is 10.1 Å². The molecule has 2 aromatic rings. The molecule has 30 heavy (non-hydrogen) atoms. The first-order valence-electron chi connectivity index (χ1n) is 9.98. The van der Waals surface area contributed by atoms with Gasteiger partial charge in [-0.1, -0.05) is 6.07 Å². The minimum atomic E-state index is -0.520. The molecule has 2 heterocycles. The smallest absolute Gasteiger partial charge is 0.159 e. The first-order valence-corrected chi connectivity index (χ1v) is 9.98. The highest BCUT2D eigenvalue weighted by molar-refractivity contribution is 5.50. The first kappa shape index (κ1) is 20.3. The number of anilines is 1. The summed E-state index contributed by atoms with van der Waals surface area (Å²) in [6, 6.07) is 15.9. The molecule has 154 valence electrons. The highest BCUT2D eigenvalue weighted by Crippen LogP contribution is 2.30. The summed E-state index contributed by atoms with van der Waals surface area (Å²) in [5.74, 6) is -0.520. The van der Waals surface area contributed by atoms with Gasteiger partial charge in [0.1, 0.15) is 11.9 Å². The lowest BCUT2D eigenvalue weighted by Crippen LogP contribution is -2.61. The van der Waals surface area contributed by atoms with Crippen molar-refractivity contribution in [3.05, 3.63) is 65.0 Å². The van der Waals surface area contributed by atoms with E-state index in [4.69, 9.17) is 20.0 Å². The number of nitriles is 2. The van der Waals surface area contributed by atoms with E-state index in [1.54, 1.807) is 18.2 Å². The highest BCUT2D eigenvalue weighted by atomic mass is 19.1. The fraction of sp³-hybridized carbons (Fsp3) is 0.391. The van der Waals surface area contributed by atoms with Crippen LogP contribution in [-0.4, -0.2) is 39.1 Å². The molecule has 7 heteroatoms. The van der Waals surface area contributed by atoms with Crippen LogP contribution in [0, 0.1) is 33.9 Å². The summed E-state index contributed by atoms with van der Waals surface area (Å²) >= 11 is 0. The predicted molar refractivity (Wildman–Crippen MR) is 109 cm³/mol. The molecule has 0 aliphatic carbocycles. The molecule has 1 N–H and O–H groups in total. The van der Waals surface area contributed by atoms with Crippen LogP contribution in [0.3, 0.4) is 0 Å². The molecule has 4 rings (SSSR count). The van der Waals surface area contributed by atoms with Crippen molar-refractivity contribution in [3.63, 3.8) is 0 Å². The molecule has 2 aliphatic heterocycles. The number of benzene rings is 2. The van der Waals surface area contributed by atoms with Gasteiger partial charge in [-0.15, -0.1) is 0 Å². The van der Waals surface area contributed by atoms with E-state index in [1.807, 2.05) is 18.2 Å². The maximum Gasteiger partial charge on any atom is 0.159 e. The Morgan fingerprint density at radius 1 is 1.07 bits per heavy atom. The molecule has 0 atom stereocenters. The number of rotatable bonds is 6. The Balaban J connectivity index is 1.45. The molecular formula is C23H23FN4O2. The van der Waals surface area contributed by atoms with Crippen LogP contribution in [-0.2, 0) is 16.0 Å². The number of hydrogen-bond acceptors (Lipinski definition) is 6. The van der Waals surface area contributed by atoms with Crippen molar-refractivity contribution in [2.75, 3.05) is 37.7 Å². The minimum Gasteiger partial charge on any atom is -0.367 e. The molecule has 2 aliphatic rings. The molecule has 2 saturated heterocycles. The second kappa shape index (κ2) is 8.81. The minimum absolute atomic E-state index is 0.0343. The van der Waals surface area contributed by atoms with Crippen LogP contribution in [0.25, 0.3) is 0 Å². The van der Waals surface area contributed by atoms with Crippen LogP contribution in [0.1, 0.15) is 23.1 Å². The molecule has 0 saturated carbocycles. The summed E-state index contributed by atoms with van der Waals surface area (Å²) in [6.45, 7) is 4.37. The monoisotopic (exact) mass is 406 g/mol. The van der Waals surface area contributed by atoms with Gasteiger partial charge >= 0.3 is 0 Å². The molecule has 0 bridgehead atoms. The van der Waals surface area contributed by atoms with E-state index >= 15 is 0 Å². The largest absolute Gasteiger partial charge is 0.367 e. The van der Waals surface area contributed by atoms with Crippen molar-refractivity contribution in [2.45, 2.75) is 19.3 Å². The van der Waals surface area contributed by atoms with Crippen molar-refractivity contribution in [3.8, 4) is 12.1 Å². The second-order valence-electron chi connectivity index (χ2n) is 7.95. The normalized spacial score (nSPS) is 17.7. The predicted octanol–water partition coefficient (Wildman–Crippen LogP) is 2.93. The summed E-state index contributed by atoms with van der Waals surface area (Å²) in [6.07, 6.45) is 0.400. The Hall–Kier alpha value is -2.97. The molecule has 0 unspecified atom stereocenters. The molecule has 0 radical (unpaired) electrons. The van der Waals surface area contributed by atoms with Crippen molar-refractivity contribution >= 4 is 5.69 Å². The lowest BCUT2D eigenvalue weighted by atomic mass is 9.83. The van der Waals surface area contributed by atoms with E-state index < -0.39 is 5.82 Å². The molecular weight excluding hydrogens is 383 g/mol. The quantitative estimate of drug-likeness (QED) is 0.795. The third-order valence-electron chi connectivity index (χ3n) is 5.67. The zero-order valence-corrected chi connectivity index (χ0v) is 16.6. The summed E-state index contributed by atoms with van der Waals surface area (Å²) < 4.78 is 25.9. The van der Waals surface area contributed by atoms with Crippen LogP contribution in [0.15, 0.2) is 42.5 Å². The van der Waals surface area contributed by atoms with Gasteiger partial charge in [0, 0.05) is 43.7 Å². The average molecular weight is 406 g/mol. The number of ether oxygens (including phenoxy) is 2. The van der Waals surface area contributed by atoms with E-state index in [9.17, 15) is 4.39 Å². The van der Waals surface area contributed by atoms with Crippen LogP contribution in [0.5, 0.6) is 0 Å². The number of hydrogen-bond donors (Lipinski definition) is 1. The van der Waals surface area contributed by atoms with Crippen molar-refractivity contribution in [1.29, 1.82) is 10.5 Å². The standard InChI is InChI=1S/C23H23FN4O2/c24-21-9-18(1-4-19(21)11-26)12-28(20-5-2-17(10-25)3-6-20)8-7-22-29-15-23(16-30-22)13-27-14-23/h1-6,9,22,27H,7-8,12-16H2. The lowest BCUT2D eigenvalue weighted by Gasteiger charge is -2.46. The molecule has 0 amide bonds. The Morgan fingerprint density at radius 2 is 1.80 bits per heavy atom. The van der Waals surface area contributed by atoms with Crippen LogP contribution >= 0.6 is 0 Å². The first-order chi connectivity index (χ1) is 14.6.